The monoisotopic (exact) mass is 452 g/mol. The number of carbonyl (C=O) groups excluding carboxylic acids is 2. The molecule has 0 N–H and O–H groups in total. The fourth-order valence-electron chi connectivity index (χ4n) is 4.86. The number of furan rings is 1. The summed E-state index contributed by atoms with van der Waals surface area (Å²) in [6, 6.07) is 3.69. The van der Waals surface area contributed by atoms with Gasteiger partial charge in [-0.2, -0.15) is 0 Å². The van der Waals surface area contributed by atoms with Gasteiger partial charge >= 0.3 is 0 Å². The highest BCUT2D eigenvalue weighted by Crippen LogP contribution is 2.32. The summed E-state index contributed by atoms with van der Waals surface area (Å²) in [4.78, 5) is 35.0. The standard InChI is InChI=1S/C24H28N4O5/c1-14-11-18(16(3)32-14)20-12-19(21-15(2)26-33-22(21)25-20)24(30)28-6-4-5-17(13-28)23(29)27-7-9-31-10-8-27/h11-12,17H,4-10,13H2,1-3H3. The topological polar surface area (TPSA) is 102 Å². The second kappa shape index (κ2) is 8.62. The smallest absolute Gasteiger partial charge is 0.259 e. The van der Waals surface area contributed by atoms with E-state index in [9.17, 15) is 9.59 Å². The van der Waals surface area contributed by atoms with E-state index in [0.29, 0.717) is 67.4 Å². The van der Waals surface area contributed by atoms with Crippen molar-refractivity contribution in [2.45, 2.75) is 33.6 Å². The summed E-state index contributed by atoms with van der Waals surface area (Å²) in [7, 11) is 0. The van der Waals surface area contributed by atoms with E-state index in [1.165, 1.54) is 0 Å². The number of hydrogen-bond donors (Lipinski definition) is 0. The van der Waals surface area contributed by atoms with Crippen LogP contribution < -0.4 is 0 Å². The van der Waals surface area contributed by atoms with E-state index in [1.54, 1.807) is 17.9 Å². The van der Waals surface area contributed by atoms with Gasteiger partial charge < -0.3 is 23.5 Å². The van der Waals surface area contributed by atoms with Crippen molar-refractivity contribution in [1.29, 1.82) is 0 Å². The summed E-state index contributed by atoms with van der Waals surface area (Å²) in [5.74, 6) is 1.28. The molecule has 2 fully saturated rings. The molecular formula is C24H28N4O5. The molecule has 0 spiro atoms. The number of aromatic nitrogens is 2. The van der Waals surface area contributed by atoms with Gasteiger partial charge in [0.05, 0.1) is 41.5 Å². The summed E-state index contributed by atoms with van der Waals surface area (Å²) in [5.41, 5.74) is 2.85. The maximum absolute atomic E-state index is 13.7. The summed E-state index contributed by atoms with van der Waals surface area (Å²) in [6.45, 7) is 8.92. The number of fused-ring (bicyclic) bond motifs is 1. The fourth-order valence-corrected chi connectivity index (χ4v) is 4.86. The lowest BCUT2D eigenvalue weighted by Gasteiger charge is -2.36. The Morgan fingerprint density at radius 1 is 1.06 bits per heavy atom. The van der Waals surface area contributed by atoms with Crippen molar-refractivity contribution >= 4 is 22.9 Å². The molecule has 5 rings (SSSR count). The van der Waals surface area contributed by atoms with Crippen molar-refractivity contribution in [2.24, 2.45) is 5.92 Å². The number of ether oxygens (including phenoxy) is 1. The molecule has 174 valence electrons. The Kier molecular flexibility index (Phi) is 5.65. The number of carbonyl (C=O) groups is 2. The Bertz CT molecular complexity index is 1210. The van der Waals surface area contributed by atoms with E-state index in [4.69, 9.17) is 13.7 Å². The van der Waals surface area contributed by atoms with Crippen molar-refractivity contribution in [3.63, 3.8) is 0 Å². The van der Waals surface area contributed by atoms with Gasteiger partial charge in [-0.15, -0.1) is 0 Å². The van der Waals surface area contributed by atoms with E-state index < -0.39 is 0 Å². The van der Waals surface area contributed by atoms with Crippen molar-refractivity contribution < 1.29 is 23.3 Å². The molecule has 0 aliphatic carbocycles. The van der Waals surface area contributed by atoms with Crippen LogP contribution in [0.3, 0.4) is 0 Å². The Labute approximate surface area is 191 Å². The minimum absolute atomic E-state index is 0.113. The molecule has 0 aromatic carbocycles. The van der Waals surface area contributed by atoms with Crippen molar-refractivity contribution in [1.82, 2.24) is 19.9 Å². The maximum atomic E-state index is 13.7. The minimum Gasteiger partial charge on any atom is -0.466 e. The SMILES string of the molecule is Cc1cc(-c2cc(C(=O)N3CCCC(C(=O)N4CCOCC4)C3)c3c(C)noc3n2)c(C)o1. The quantitative estimate of drug-likeness (QED) is 0.602. The summed E-state index contributed by atoms with van der Waals surface area (Å²) >= 11 is 0. The van der Waals surface area contributed by atoms with Gasteiger partial charge in [-0.3, -0.25) is 9.59 Å². The second-order valence-electron chi connectivity index (χ2n) is 8.86. The number of aryl methyl sites for hydroxylation is 3. The third-order valence-corrected chi connectivity index (χ3v) is 6.55. The first-order chi connectivity index (χ1) is 15.9. The molecule has 0 bridgehead atoms. The van der Waals surface area contributed by atoms with Crippen LogP contribution >= 0.6 is 0 Å². The van der Waals surface area contributed by atoms with E-state index >= 15 is 0 Å². The zero-order chi connectivity index (χ0) is 23.1. The van der Waals surface area contributed by atoms with Crippen LogP contribution in [-0.4, -0.2) is 71.1 Å². The molecular weight excluding hydrogens is 424 g/mol. The van der Waals surface area contributed by atoms with Crippen molar-refractivity contribution in [2.75, 3.05) is 39.4 Å². The van der Waals surface area contributed by atoms with Crippen molar-refractivity contribution in [3.05, 3.63) is 34.9 Å². The average Bonchev–Trinajstić information content (AvgIpc) is 3.39. The highest BCUT2D eigenvalue weighted by atomic mass is 16.5. The van der Waals surface area contributed by atoms with E-state index in [2.05, 4.69) is 10.1 Å². The molecule has 2 aliphatic rings. The van der Waals surface area contributed by atoms with Gasteiger partial charge in [-0.1, -0.05) is 5.16 Å². The van der Waals surface area contributed by atoms with Gasteiger partial charge in [0.2, 0.25) is 5.91 Å². The largest absolute Gasteiger partial charge is 0.466 e. The molecule has 2 amide bonds. The van der Waals surface area contributed by atoms with Crippen LogP contribution in [-0.2, 0) is 9.53 Å². The molecule has 1 atom stereocenters. The normalized spacial score (nSPS) is 19.3. The number of hydrogen-bond acceptors (Lipinski definition) is 7. The summed E-state index contributed by atoms with van der Waals surface area (Å²) in [5, 5.41) is 4.66. The first kappa shape index (κ1) is 21.6. The molecule has 1 unspecified atom stereocenters. The maximum Gasteiger partial charge on any atom is 0.259 e. The highest BCUT2D eigenvalue weighted by Gasteiger charge is 2.33. The van der Waals surface area contributed by atoms with Crippen LogP contribution in [0.25, 0.3) is 22.4 Å². The van der Waals surface area contributed by atoms with E-state index in [0.717, 1.165) is 29.9 Å². The first-order valence-electron chi connectivity index (χ1n) is 11.4. The second-order valence-corrected chi connectivity index (χ2v) is 8.86. The predicted molar refractivity (Wildman–Crippen MR) is 120 cm³/mol. The van der Waals surface area contributed by atoms with Crippen LogP contribution in [0.2, 0.25) is 0 Å². The number of amides is 2. The molecule has 9 heteroatoms. The molecule has 2 aliphatic heterocycles. The average molecular weight is 453 g/mol. The zero-order valence-electron chi connectivity index (χ0n) is 19.2. The number of pyridine rings is 1. The number of nitrogens with zero attached hydrogens (tertiary/aromatic N) is 4. The van der Waals surface area contributed by atoms with Crippen LogP contribution in [0.15, 0.2) is 21.1 Å². The molecule has 9 nitrogen and oxygen atoms in total. The molecule has 0 saturated carbocycles. The summed E-state index contributed by atoms with van der Waals surface area (Å²) < 4.78 is 16.5. The molecule has 0 radical (unpaired) electrons. The van der Waals surface area contributed by atoms with Gasteiger partial charge in [-0.25, -0.2) is 4.98 Å². The lowest BCUT2D eigenvalue weighted by Crippen LogP contribution is -2.49. The lowest BCUT2D eigenvalue weighted by atomic mass is 9.95. The van der Waals surface area contributed by atoms with Gasteiger partial charge in [0, 0.05) is 31.7 Å². The number of piperidine rings is 1. The van der Waals surface area contributed by atoms with Crippen LogP contribution in [0.5, 0.6) is 0 Å². The summed E-state index contributed by atoms with van der Waals surface area (Å²) in [6.07, 6.45) is 1.58. The van der Waals surface area contributed by atoms with Crippen LogP contribution in [0.1, 0.15) is 40.4 Å². The lowest BCUT2D eigenvalue weighted by molar-refractivity contribution is -0.141. The molecule has 33 heavy (non-hydrogen) atoms. The van der Waals surface area contributed by atoms with Gasteiger partial charge in [0.1, 0.15) is 11.5 Å². The minimum atomic E-state index is -0.195. The van der Waals surface area contributed by atoms with E-state index in [-0.39, 0.29) is 17.7 Å². The third kappa shape index (κ3) is 4.01. The molecule has 2 saturated heterocycles. The molecule has 5 heterocycles. The molecule has 3 aromatic rings. The Hall–Kier alpha value is -3.20. The Morgan fingerprint density at radius 2 is 1.85 bits per heavy atom. The van der Waals surface area contributed by atoms with Crippen LogP contribution in [0.4, 0.5) is 0 Å². The number of likely N-dealkylation sites (tertiary alicyclic amines) is 1. The number of morpholine rings is 1. The van der Waals surface area contributed by atoms with E-state index in [1.807, 2.05) is 24.8 Å². The molecule has 3 aromatic heterocycles. The van der Waals surface area contributed by atoms with Crippen LogP contribution in [0, 0.1) is 26.7 Å². The fraction of sp³-hybridized carbons (Fsp3) is 0.500. The Balaban J connectivity index is 1.46. The highest BCUT2D eigenvalue weighted by molar-refractivity contribution is 6.07. The third-order valence-electron chi connectivity index (χ3n) is 6.55. The zero-order valence-corrected chi connectivity index (χ0v) is 19.2. The Morgan fingerprint density at radius 3 is 2.58 bits per heavy atom. The first-order valence-corrected chi connectivity index (χ1v) is 11.4. The number of rotatable bonds is 3. The van der Waals surface area contributed by atoms with Gasteiger partial charge in [0.25, 0.3) is 11.6 Å². The van der Waals surface area contributed by atoms with Gasteiger partial charge in [-0.05, 0) is 45.7 Å². The van der Waals surface area contributed by atoms with Crippen molar-refractivity contribution in [3.8, 4) is 11.3 Å². The predicted octanol–water partition coefficient (Wildman–Crippen LogP) is 3.12. The van der Waals surface area contributed by atoms with Gasteiger partial charge in [0.15, 0.2) is 0 Å².